The number of hydrogen-bond donors (Lipinski definition) is 0. The Morgan fingerprint density at radius 3 is 2.67 bits per heavy atom. The van der Waals surface area contributed by atoms with Crippen molar-refractivity contribution in [3.05, 3.63) is 39.9 Å². The molecule has 0 bridgehead atoms. The predicted octanol–water partition coefficient (Wildman–Crippen LogP) is 3.40. The maximum Gasteiger partial charge on any atom is 0.269 e. The van der Waals surface area contributed by atoms with Crippen LogP contribution >= 0.6 is 11.6 Å². The summed E-state index contributed by atoms with van der Waals surface area (Å²) >= 11 is 5.95. The monoisotopic (exact) mass is 227 g/mol. The van der Waals surface area contributed by atoms with Crippen LogP contribution in [-0.2, 0) is 6.42 Å². The molecule has 2 atom stereocenters. The van der Waals surface area contributed by atoms with Crippen LogP contribution in [0.3, 0.4) is 0 Å². The third-order valence-corrected chi connectivity index (χ3v) is 2.89. The third kappa shape index (κ3) is 3.51. The Morgan fingerprint density at radius 1 is 1.47 bits per heavy atom. The van der Waals surface area contributed by atoms with Crippen molar-refractivity contribution in [2.45, 2.75) is 25.6 Å². The molecule has 0 fully saturated rings. The maximum absolute atomic E-state index is 10.6. The first-order valence-corrected chi connectivity index (χ1v) is 5.31. The van der Waals surface area contributed by atoms with Crippen LogP contribution in [0.1, 0.15) is 19.4 Å². The van der Waals surface area contributed by atoms with Crippen molar-refractivity contribution in [2.24, 2.45) is 5.92 Å². The number of non-ortho nitro benzene ring substituents is 1. The number of alkyl halides is 1. The van der Waals surface area contributed by atoms with Gasteiger partial charge in [0.15, 0.2) is 0 Å². The minimum Gasteiger partial charge on any atom is -0.258 e. The number of nitro groups is 1. The second kappa shape index (κ2) is 5.12. The minimum absolute atomic E-state index is 0.0734. The first-order chi connectivity index (χ1) is 7.00. The van der Waals surface area contributed by atoms with Crippen LogP contribution in [0, 0.1) is 16.0 Å². The summed E-state index contributed by atoms with van der Waals surface area (Å²) in [4.78, 5) is 10.2. The first-order valence-electron chi connectivity index (χ1n) is 4.88. The van der Waals surface area contributed by atoms with Gasteiger partial charge < -0.3 is 0 Å². The van der Waals surface area contributed by atoms with Gasteiger partial charge in [0.05, 0.1) is 4.92 Å². The van der Waals surface area contributed by atoms with Gasteiger partial charge in [0.1, 0.15) is 0 Å². The topological polar surface area (TPSA) is 43.1 Å². The molecular weight excluding hydrogens is 214 g/mol. The summed E-state index contributed by atoms with van der Waals surface area (Å²) in [6.45, 7) is 3.97. The molecule has 0 radical (unpaired) electrons. The number of benzene rings is 1. The Kier molecular flexibility index (Phi) is 4.09. The molecule has 4 heteroatoms. The van der Waals surface area contributed by atoms with E-state index in [0.717, 1.165) is 12.0 Å². The largest absolute Gasteiger partial charge is 0.269 e. The van der Waals surface area contributed by atoms with Gasteiger partial charge >= 0.3 is 0 Å². The number of rotatable bonds is 4. The summed E-state index contributed by atoms with van der Waals surface area (Å²) in [5, 5.41) is 10.6. The highest BCUT2D eigenvalue weighted by atomic mass is 35.5. The van der Waals surface area contributed by atoms with Gasteiger partial charge in [-0.15, -0.1) is 11.6 Å². The Balaban J connectivity index is 2.78. The Labute approximate surface area is 94.2 Å². The average Bonchev–Trinajstić information content (AvgIpc) is 2.18. The van der Waals surface area contributed by atoms with E-state index in [1.165, 1.54) is 6.07 Å². The Bertz CT molecular complexity index is 352. The molecule has 0 saturated heterocycles. The van der Waals surface area contributed by atoms with Crippen molar-refractivity contribution in [2.75, 3.05) is 0 Å². The molecule has 0 aromatic heterocycles. The van der Waals surface area contributed by atoms with Crippen LogP contribution in [-0.4, -0.2) is 10.3 Å². The van der Waals surface area contributed by atoms with Gasteiger partial charge in [0.2, 0.25) is 0 Å². The van der Waals surface area contributed by atoms with Crippen molar-refractivity contribution in [1.82, 2.24) is 0 Å². The lowest BCUT2D eigenvalue weighted by molar-refractivity contribution is -0.384. The fourth-order valence-corrected chi connectivity index (χ4v) is 1.42. The van der Waals surface area contributed by atoms with Gasteiger partial charge in [0, 0.05) is 17.5 Å². The van der Waals surface area contributed by atoms with Gasteiger partial charge in [-0.25, -0.2) is 0 Å². The molecule has 1 rings (SSSR count). The summed E-state index contributed by atoms with van der Waals surface area (Å²) in [6.07, 6.45) is 0.770. The van der Waals surface area contributed by atoms with Crippen LogP contribution < -0.4 is 0 Å². The lowest BCUT2D eigenvalue weighted by Crippen LogP contribution is -2.10. The van der Waals surface area contributed by atoms with Gasteiger partial charge in [-0.2, -0.15) is 0 Å². The van der Waals surface area contributed by atoms with Gasteiger partial charge in [-0.1, -0.05) is 19.1 Å². The summed E-state index contributed by atoms with van der Waals surface area (Å²) in [6, 6.07) is 6.70. The van der Waals surface area contributed by atoms with E-state index < -0.39 is 0 Å². The second-order valence-corrected chi connectivity index (χ2v) is 4.47. The van der Waals surface area contributed by atoms with Crippen LogP contribution in [0.5, 0.6) is 0 Å². The molecule has 0 heterocycles. The van der Waals surface area contributed by atoms with E-state index in [0.29, 0.717) is 5.92 Å². The van der Waals surface area contributed by atoms with Gasteiger partial charge in [-0.3, -0.25) is 10.1 Å². The van der Waals surface area contributed by atoms with Crippen molar-refractivity contribution in [1.29, 1.82) is 0 Å². The van der Waals surface area contributed by atoms with E-state index in [9.17, 15) is 10.1 Å². The normalized spacial score (nSPS) is 14.6. The van der Waals surface area contributed by atoms with E-state index in [1.807, 2.05) is 19.9 Å². The molecule has 1 aromatic rings. The van der Waals surface area contributed by atoms with Crippen LogP contribution in [0.25, 0.3) is 0 Å². The van der Waals surface area contributed by atoms with E-state index in [4.69, 9.17) is 11.6 Å². The second-order valence-electron chi connectivity index (χ2n) is 3.79. The van der Waals surface area contributed by atoms with Crippen molar-refractivity contribution in [3.63, 3.8) is 0 Å². The zero-order valence-electron chi connectivity index (χ0n) is 8.81. The molecule has 2 unspecified atom stereocenters. The molecular formula is C11H14ClNO2. The summed E-state index contributed by atoms with van der Waals surface area (Å²) in [7, 11) is 0. The van der Waals surface area contributed by atoms with Crippen LogP contribution in [0.2, 0.25) is 0 Å². The highest BCUT2D eigenvalue weighted by Crippen LogP contribution is 2.19. The SMILES string of the molecule is CC(Cl)C(C)Cc1cccc([N+](=O)[O-])c1. The van der Waals surface area contributed by atoms with Crippen molar-refractivity contribution >= 4 is 17.3 Å². The summed E-state index contributed by atoms with van der Waals surface area (Å²) < 4.78 is 0. The van der Waals surface area contributed by atoms with E-state index in [2.05, 4.69) is 0 Å². The molecule has 1 aromatic carbocycles. The zero-order valence-corrected chi connectivity index (χ0v) is 9.57. The molecule has 15 heavy (non-hydrogen) atoms. The lowest BCUT2D eigenvalue weighted by atomic mass is 9.98. The van der Waals surface area contributed by atoms with E-state index in [-0.39, 0.29) is 16.0 Å². The van der Waals surface area contributed by atoms with E-state index >= 15 is 0 Å². The standard InChI is InChI=1S/C11H14ClNO2/c1-8(9(2)12)6-10-4-3-5-11(7-10)13(14)15/h3-5,7-9H,6H2,1-2H3. The molecule has 0 aliphatic carbocycles. The Morgan fingerprint density at radius 2 is 2.13 bits per heavy atom. The van der Waals surface area contributed by atoms with Crippen LogP contribution in [0.15, 0.2) is 24.3 Å². The smallest absolute Gasteiger partial charge is 0.258 e. The summed E-state index contributed by atoms with van der Waals surface area (Å²) in [5.41, 5.74) is 1.10. The van der Waals surface area contributed by atoms with Crippen molar-refractivity contribution < 1.29 is 4.92 Å². The number of halogens is 1. The number of nitro benzene ring substituents is 1. The molecule has 0 N–H and O–H groups in total. The van der Waals surface area contributed by atoms with Gasteiger partial charge in [-0.05, 0) is 24.8 Å². The Hall–Kier alpha value is -1.09. The molecule has 0 amide bonds. The maximum atomic E-state index is 10.6. The molecule has 82 valence electrons. The summed E-state index contributed by atoms with van der Waals surface area (Å²) in [5.74, 6) is 0.314. The highest BCUT2D eigenvalue weighted by molar-refractivity contribution is 6.20. The third-order valence-electron chi connectivity index (χ3n) is 2.46. The molecule has 0 aliphatic rings. The van der Waals surface area contributed by atoms with Crippen LogP contribution in [0.4, 0.5) is 5.69 Å². The molecule has 3 nitrogen and oxygen atoms in total. The number of nitrogens with zero attached hydrogens (tertiary/aromatic N) is 1. The molecule has 0 saturated carbocycles. The lowest BCUT2D eigenvalue weighted by Gasteiger charge is -2.13. The minimum atomic E-state index is -0.377. The van der Waals surface area contributed by atoms with Crippen molar-refractivity contribution in [3.8, 4) is 0 Å². The first kappa shape index (κ1) is 12.0. The fourth-order valence-electron chi connectivity index (χ4n) is 1.33. The quantitative estimate of drug-likeness (QED) is 0.450. The zero-order chi connectivity index (χ0) is 11.4. The van der Waals surface area contributed by atoms with Gasteiger partial charge in [0.25, 0.3) is 5.69 Å². The molecule has 0 aliphatic heterocycles. The van der Waals surface area contributed by atoms with E-state index in [1.54, 1.807) is 12.1 Å². The fraction of sp³-hybridized carbons (Fsp3) is 0.455. The highest BCUT2D eigenvalue weighted by Gasteiger charge is 2.12. The average molecular weight is 228 g/mol. The molecule has 0 spiro atoms. The predicted molar refractivity (Wildman–Crippen MR) is 61.3 cm³/mol. The number of hydrogen-bond acceptors (Lipinski definition) is 2.